The van der Waals surface area contributed by atoms with Crippen molar-refractivity contribution in [3.63, 3.8) is 0 Å². The van der Waals surface area contributed by atoms with Crippen molar-refractivity contribution in [2.24, 2.45) is 0 Å². The van der Waals surface area contributed by atoms with Gasteiger partial charge in [-0.05, 0) is 69.4 Å². The van der Waals surface area contributed by atoms with Crippen molar-refractivity contribution in [1.82, 2.24) is 24.4 Å². The average Bonchev–Trinajstić information content (AvgIpc) is 3.08. The van der Waals surface area contributed by atoms with E-state index in [9.17, 15) is 9.59 Å². The van der Waals surface area contributed by atoms with Crippen LogP contribution < -0.4 is 15.3 Å². The van der Waals surface area contributed by atoms with E-state index in [2.05, 4.69) is 43.8 Å². The second-order valence-electron chi connectivity index (χ2n) is 16.8. The molecule has 4 aromatic rings. The van der Waals surface area contributed by atoms with Crippen LogP contribution in [0.5, 0.6) is 5.75 Å². The van der Waals surface area contributed by atoms with Gasteiger partial charge in [-0.15, -0.1) is 0 Å². The van der Waals surface area contributed by atoms with Crippen molar-refractivity contribution >= 4 is 37.3 Å². The largest absolute Gasteiger partial charge is 0.494 e. The third-order valence-corrected chi connectivity index (χ3v) is 14.7. The SMILES string of the molecule is COc1ccnc(C(C)C)c1-n1c(=O)nc(N2CCN(C(=O)OC(C)(C)C)C[C@@H]2C)c2cc(F)c(-c3c(F)cccc3/C=C/CO[Si](C)(C)C(C)(C)C)nc21. The van der Waals surface area contributed by atoms with Crippen molar-refractivity contribution in [2.75, 3.05) is 38.3 Å². The molecule has 5 rings (SSSR count). The summed E-state index contributed by atoms with van der Waals surface area (Å²) in [7, 11) is -0.579. The minimum atomic E-state index is -2.06. The van der Waals surface area contributed by atoms with E-state index in [-0.39, 0.29) is 64.7 Å². The number of amides is 1. The molecule has 0 N–H and O–H groups in total. The fourth-order valence-electron chi connectivity index (χ4n) is 6.31. The first-order chi connectivity index (χ1) is 25.6. The van der Waals surface area contributed by atoms with Gasteiger partial charge in [0.1, 0.15) is 34.4 Å². The number of aromatic nitrogens is 4. The zero-order valence-corrected chi connectivity index (χ0v) is 35.1. The molecule has 11 nitrogen and oxygen atoms in total. The first-order valence-corrected chi connectivity index (χ1v) is 21.6. The third kappa shape index (κ3) is 8.75. The lowest BCUT2D eigenvalue weighted by molar-refractivity contribution is 0.0218. The second kappa shape index (κ2) is 15.8. The maximum Gasteiger partial charge on any atom is 0.410 e. The van der Waals surface area contributed by atoms with Crippen LogP contribution in [-0.4, -0.2) is 83.8 Å². The van der Waals surface area contributed by atoms with Crippen molar-refractivity contribution in [3.8, 4) is 22.7 Å². The molecule has 1 saturated heterocycles. The number of halogens is 2. The number of anilines is 1. The lowest BCUT2D eigenvalue weighted by Crippen LogP contribution is -2.55. The van der Waals surface area contributed by atoms with Gasteiger partial charge < -0.3 is 23.7 Å². The first-order valence-electron chi connectivity index (χ1n) is 18.7. The quantitative estimate of drug-likeness (QED) is 0.154. The molecule has 0 aliphatic carbocycles. The Morgan fingerprint density at radius 1 is 1.05 bits per heavy atom. The summed E-state index contributed by atoms with van der Waals surface area (Å²) in [4.78, 5) is 44.7. The molecule has 14 heteroatoms. The van der Waals surface area contributed by atoms with Crippen molar-refractivity contribution in [3.05, 3.63) is 76.0 Å². The standard InChI is InChI=1S/C41H54F2N6O5Si/c1-25(2)33-35(31(52-10)18-19-44-33)49-37-28(36(46-38(49)50)48-21-20-47(24-26(48)3)39(51)54-40(4,5)6)23-30(43)34(45-37)32-27(15-13-17-29(32)42)16-14-22-53-55(11,12)41(7,8)9/h13-19,23,25-26H,20-22,24H2,1-12H3/b16-14+/t26-/m0/s1. The molecule has 0 radical (unpaired) electrons. The van der Waals surface area contributed by atoms with E-state index < -0.39 is 37.3 Å². The zero-order chi connectivity index (χ0) is 40.6. The highest BCUT2D eigenvalue weighted by atomic mass is 28.4. The minimum Gasteiger partial charge on any atom is -0.494 e. The summed E-state index contributed by atoms with van der Waals surface area (Å²) in [5, 5.41) is 0.220. The van der Waals surface area contributed by atoms with Gasteiger partial charge in [0.25, 0.3) is 0 Å². The molecule has 3 aromatic heterocycles. The topological polar surface area (TPSA) is 112 Å². The third-order valence-electron chi connectivity index (χ3n) is 10.2. The van der Waals surface area contributed by atoms with Gasteiger partial charge in [0.15, 0.2) is 19.8 Å². The number of fused-ring (bicyclic) bond motifs is 1. The van der Waals surface area contributed by atoms with E-state index in [0.717, 1.165) is 0 Å². The molecular weight excluding hydrogens is 723 g/mol. The number of nitrogens with zero attached hydrogens (tertiary/aromatic N) is 6. The van der Waals surface area contributed by atoms with Crippen LogP contribution in [0.4, 0.5) is 19.4 Å². The molecule has 296 valence electrons. The molecule has 1 aliphatic rings. The predicted octanol–water partition coefficient (Wildman–Crippen LogP) is 8.73. The molecule has 1 aromatic carbocycles. The van der Waals surface area contributed by atoms with Gasteiger partial charge in [-0.25, -0.2) is 27.9 Å². The van der Waals surface area contributed by atoms with Gasteiger partial charge in [-0.1, -0.05) is 58.9 Å². The van der Waals surface area contributed by atoms with Crippen LogP contribution in [0.2, 0.25) is 18.1 Å². The number of ether oxygens (including phenoxy) is 2. The van der Waals surface area contributed by atoms with Gasteiger partial charge in [-0.3, -0.25) is 4.98 Å². The van der Waals surface area contributed by atoms with Gasteiger partial charge in [0.2, 0.25) is 0 Å². The fraction of sp³-hybridized carbons (Fsp3) is 0.488. The number of methoxy groups -OCH3 is 1. The second-order valence-corrected chi connectivity index (χ2v) is 21.6. The maximum absolute atomic E-state index is 16.7. The van der Waals surface area contributed by atoms with Gasteiger partial charge in [0.05, 0.1) is 24.8 Å². The summed E-state index contributed by atoms with van der Waals surface area (Å²) in [6.07, 6.45) is 4.64. The fourth-order valence-corrected chi connectivity index (χ4v) is 7.25. The molecule has 1 aliphatic heterocycles. The molecule has 55 heavy (non-hydrogen) atoms. The molecule has 1 amide bonds. The number of rotatable bonds is 9. The monoisotopic (exact) mass is 776 g/mol. The zero-order valence-electron chi connectivity index (χ0n) is 34.1. The number of hydrogen-bond acceptors (Lipinski definition) is 9. The molecule has 0 saturated carbocycles. The van der Waals surface area contributed by atoms with Crippen LogP contribution in [-0.2, 0) is 9.16 Å². The molecule has 1 fully saturated rings. The van der Waals surface area contributed by atoms with Crippen LogP contribution in [0, 0.1) is 11.6 Å². The Bertz CT molecular complexity index is 2160. The Hall–Kier alpha value is -4.69. The first kappa shape index (κ1) is 41.5. The van der Waals surface area contributed by atoms with E-state index >= 15 is 8.78 Å². The number of pyridine rings is 2. The molecular formula is C41H54F2N6O5Si. The van der Waals surface area contributed by atoms with E-state index in [1.165, 1.54) is 23.8 Å². The summed E-state index contributed by atoms with van der Waals surface area (Å²) in [5.41, 5.74) is -0.461. The van der Waals surface area contributed by atoms with Crippen LogP contribution in [0.3, 0.4) is 0 Å². The smallest absolute Gasteiger partial charge is 0.410 e. The van der Waals surface area contributed by atoms with E-state index in [1.54, 1.807) is 62.2 Å². The van der Waals surface area contributed by atoms with Crippen LogP contribution >= 0.6 is 0 Å². The Morgan fingerprint density at radius 2 is 1.76 bits per heavy atom. The van der Waals surface area contributed by atoms with Crippen molar-refractivity contribution in [1.29, 1.82) is 0 Å². The van der Waals surface area contributed by atoms with Crippen LogP contribution in [0.15, 0.2) is 47.4 Å². The molecule has 1 atom stereocenters. The Labute approximate surface area is 323 Å². The van der Waals surface area contributed by atoms with E-state index in [0.29, 0.717) is 29.3 Å². The van der Waals surface area contributed by atoms with Crippen LogP contribution in [0.1, 0.15) is 79.5 Å². The van der Waals surface area contributed by atoms with Gasteiger partial charge in [-0.2, -0.15) is 4.98 Å². The lowest BCUT2D eigenvalue weighted by Gasteiger charge is -2.41. The van der Waals surface area contributed by atoms with Crippen LogP contribution in [0.25, 0.3) is 34.1 Å². The highest BCUT2D eigenvalue weighted by molar-refractivity contribution is 6.74. The normalized spacial score (nSPS) is 15.7. The highest BCUT2D eigenvalue weighted by Crippen LogP contribution is 2.38. The highest BCUT2D eigenvalue weighted by Gasteiger charge is 2.37. The number of hydrogen-bond donors (Lipinski definition) is 0. The summed E-state index contributed by atoms with van der Waals surface area (Å²) >= 11 is 0. The number of benzene rings is 1. The molecule has 0 unspecified atom stereocenters. The van der Waals surface area contributed by atoms with E-state index in [4.69, 9.17) is 18.9 Å². The molecule has 4 heterocycles. The van der Waals surface area contributed by atoms with Gasteiger partial charge >= 0.3 is 11.8 Å². The average molecular weight is 777 g/mol. The predicted molar refractivity (Wildman–Crippen MR) is 216 cm³/mol. The summed E-state index contributed by atoms with van der Waals surface area (Å²) in [6.45, 7) is 23.0. The Kier molecular flexibility index (Phi) is 11.9. The number of carbonyl (C=O) groups is 1. The molecule has 0 spiro atoms. The Balaban J connectivity index is 1.71. The summed E-state index contributed by atoms with van der Waals surface area (Å²) in [5.74, 6) is -1.13. The van der Waals surface area contributed by atoms with Crippen molar-refractivity contribution in [2.45, 2.75) is 98.0 Å². The Morgan fingerprint density at radius 3 is 2.38 bits per heavy atom. The van der Waals surface area contributed by atoms with E-state index in [1.807, 2.05) is 25.7 Å². The summed E-state index contributed by atoms with van der Waals surface area (Å²) < 4.78 is 51.6. The van der Waals surface area contributed by atoms with Gasteiger partial charge in [0, 0.05) is 43.5 Å². The maximum atomic E-state index is 16.7. The molecule has 0 bridgehead atoms. The minimum absolute atomic E-state index is 0.00234. The lowest BCUT2D eigenvalue weighted by atomic mass is 10.0. The number of carbonyl (C=O) groups excluding carboxylic acids is 1. The summed E-state index contributed by atoms with van der Waals surface area (Å²) in [6, 6.07) is 7.03. The van der Waals surface area contributed by atoms with Crippen molar-refractivity contribution < 1.29 is 27.5 Å². The number of piperazine rings is 1.